The number of hydrogen-bond donors (Lipinski definition) is 2. The largest absolute Gasteiger partial charge is 0.342 e. The van der Waals surface area contributed by atoms with Crippen LogP contribution in [0.5, 0.6) is 0 Å². The number of carbonyl (C=O) groups is 2. The number of carbonyl (C=O) groups excluding carboxylic acids is 2. The van der Waals surface area contributed by atoms with Gasteiger partial charge in [0.05, 0.1) is 0 Å². The average Bonchev–Trinajstić information content (AvgIpc) is 2.80. The van der Waals surface area contributed by atoms with E-state index in [1.165, 1.54) is 0 Å². The van der Waals surface area contributed by atoms with Gasteiger partial charge in [0.25, 0.3) is 0 Å². The molecule has 162 valence electrons. The normalized spacial score (nSPS) is 14.0. The summed E-state index contributed by atoms with van der Waals surface area (Å²) in [7, 11) is 0. The smallest absolute Gasteiger partial charge is 0.319 e. The van der Waals surface area contributed by atoms with Gasteiger partial charge >= 0.3 is 6.03 Å². The second kappa shape index (κ2) is 11.2. The van der Waals surface area contributed by atoms with Crippen LogP contribution in [0.25, 0.3) is 0 Å². The number of anilines is 1. The van der Waals surface area contributed by atoms with Crippen molar-refractivity contribution in [2.45, 2.75) is 45.6 Å². The quantitative estimate of drug-likeness (QED) is 0.697. The van der Waals surface area contributed by atoms with Crippen molar-refractivity contribution in [3.63, 3.8) is 0 Å². The molecule has 31 heavy (non-hydrogen) atoms. The van der Waals surface area contributed by atoms with Gasteiger partial charge in [-0.15, -0.1) is 0 Å². The molecule has 3 rings (SSSR count). The monoisotopic (exact) mass is 417 g/mol. The van der Waals surface area contributed by atoms with E-state index in [4.69, 9.17) is 0 Å². The summed E-state index contributed by atoms with van der Waals surface area (Å²) in [6, 6.07) is 17.2. The standard InChI is InChI=1S/C26H31N3O2/c1-3-22(4-2)25(30)29-17-15-23(16-18-29)27-26(31)28-24-12-8-11-21(19-24)14-13-20-9-6-5-7-10-20/h5-12,19,22-23H,3-4,15-18H2,1-2H3,(H2,27,28,31). The minimum atomic E-state index is -0.224. The highest BCUT2D eigenvalue weighted by molar-refractivity contribution is 5.89. The Balaban J connectivity index is 1.49. The van der Waals surface area contributed by atoms with Gasteiger partial charge in [0.2, 0.25) is 5.91 Å². The lowest BCUT2D eigenvalue weighted by atomic mass is 9.98. The Morgan fingerprint density at radius 1 is 0.968 bits per heavy atom. The molecule has 0 atom stereocenters. The van der Waals surface area contributed by atoms with Gasteiger partial charge in [0.1, 0.15) is 0 Å². The van der Waals surface area contributed by atoms with Gasteiger partial charge < -0.3 is 15.5 Å². The molecule has 0 saturated carbocycles. The lowest BCUT2D eigenvalue weighted by molar-refractivity contribution is -0.136. The molecule has 2 N–H and O–H groups in total. The Morgan fingerprint density at radius 2 is 1.61 bits per heavy atom. The van der Waals surface area contributed by atoms with Crippen LogP contribution in [0.4, 0.5) is 10.5 Å². The fourth-order valence-electron chi connectivity index (χ4n) is 3.83. The Morgan fingerprint density at radius 3 is 2.29 bits per heavy atom. The van der Waals surface area contributed by atoms with E-state index in [0.29, 0.717) is 18.8 Å². The summed E-state index contributed by atoms with van der Waals surface area (Å²) in [6.07, 6.45) is 3.32. The van der Waals surface area contributed by atoms with Crippen LogP contribution in [0.2, 0.25) is 0 Å². The summed E-state index contributed by atoms with van der Waals surface area (Å²) < 4.78 is 0. The molecule has 5 nitrogen and oxygen atoms in total. The van der Waals surface area contributed by atoms with Crippen LogP contribution in [-0.2, 0) is 4.79 Å². The van der Waals surface area contributed by atoms with Crippen LogP contribution < -0.4 is 10.6 Å². The highest BCUT2D eigenvalue weighted by atomic mass is 16.2. The van der Waals surface area contributed by atoms with Crippen molar-refractivity contribution >= 4 is 17.6 Å². The summed E-state index contributed by atoms with van der Waals surface area (Å²) in [4.78, 5) is 26.9. The Kier molecular flexibility index (Phi) is 8.12. The van der Waals surface area contributed by atoms with E-state index in [9.17, 15) is 9.59 Å². The second-order valence-corrected chi connectivity index (χ2v) is 7.91. The molecule has 2 aromatic rings. The number of rotatable bonds is 5. The lowest BCUT2D eigenvalue weighted by Crippen LogP contribution is -2.48. The topological polar surface area (TPSA) is 61.4 Å². The Hall–Kier alpha value is -3.26. The summed E-state index contributed by atoms with van der Waals surface area (Å²) >= 11 is 0. The molecule has 0 spiro atoms. The number of likely N-dealkylation sites (tertiary alicyclic amines) is 1. The van der Waals surface area contributed by atoms with Crippen molar-refractivity contribution in [1.82, 2.24) is 10.2 Å². The zero-order valence-corrected chi connectivity index (χ0v) is 18.4. The zero-order valence-electron chi connectivity index (χ0n) is 18.4. The lowest BCUT2D eigenvalue weighted by Gasteiger charge is -2.34. The minimum absolute atomic E-state index is 0.0757. The van der Waals surface area contributed by atoms with Gasteiger partial charge in [-0.3, -0.25) is 4.79 Å². The highest BCUT2D eigenvalue weighted by Gasteiger charge is 2.27. The van der Waals surface area contributed by atoms with Crippen LogP contribution in [0.3, 0.4) is 0 Å². The van der Waals surface area contributed by atoms with Gasteiger partial charge in [0.15, 0.2) is 0 Å². The molecule has 2 aromatic carbocycles. The second-order valence-electron chi connectivity index (χ2n) is 7.91. The van der Waals surface area contributed by atoms with E-state index in [2.05, 4.69) is 36.3 Å². The molecule has 1 aliphatic heterocycles. The van der Waals surface area contributed by atoms with E-state index in [-0.39, 0.29) is 23.9 Å². The van der Waals surface area contributed by atoms with Crippen molar-refractivity contribution in [2.75, 3.05) is 18.4 Å². The molecule has 1 heterocycles. The maximum Gasteiger partial charge on any atom is 0.319 e. The van der Waals surface area contributed by atoms with Crippen LogP contribution >= 0.6 is 0 Å². The number of hydrogen-bond acceptors (Lipinski definition) is 2. The maximum absolute atomic E-state index is 12.5. The van der Waals surface area contributed by atoms with Gasteiger partial charge in [-0.25, -0.2) is 4.79 Å². The summed E-state index contributed by atoms with van der Waals surface area (Å²) in [6.45, 7) is 5.52. The van der Waals surface area contributed by atoms with Gasteiger partial charge in [-0.1, -0.05) is 50.0 Å². The molecule has 1 aliphatic rings. The summed E-state index contributed by atoms with van der Waals surface area (Å²) in [5.74, 6) is 6.62. The van der Waals surface area contributed by atoms with E-state index < -0.39 is 0 Å². The average molecular weight is 418 g/mol. The minimum Gasteiger partial charge on any atom is -0.342 e. The van der Waals surface area contributed by atoms with E-state index in [0.717, 1.165) is 36.8 Å². The fraction of sp³-hybridized carbons (Fsp3) is 0.385. The fourth-order valence-corrected chi connectivity index (χ4v) is 3.83. The predicted molar refractivity (Wildman–Crippen MR) is 125 cm³/mol. The third kappa shape index (κ3) is 6.62. The van der Waals surface area contributed by atoms with Crippen LogP contribution in [0, 0.1) is 17.8 Å². The van der Waals surface area contributed by atoms with Crippen molar-refractivity contribution in [3.8, 4) is 11.8 Å². The Bertz CT molecular complexity index is 934. The number of urea groups is 1. The molecule has 0 bridgehead atoms. The number of benzene rings is 2. The first-order valence-corrected chi connectivity index (χ1v) is 11.1. The molecular weight excluding hydrogens is 386 g/mol. The molecule has 0 aliphatic carbocycles. The number of amides is 3. The van der Waals surface area contributed by atoms with Gasteiger partial charge in [-0.2, -0.15) is 0 Å². The predicted octanol–water partition coefficient (Wildman–Crippen LogP) is 4.64. The van der Waals surface area contributed by atoms with Crippen molar-refractivity contribution in [1.29, 1.82) is 0 Å². The third-order valence-corrected chi connectivity index (χ3v) is 5.72. The van der Waals surface area contributed by atoms with E-state index >= 15 is 0 Å². The molecule has 1 fully saturated rings. The van der Waals surface area contributed by atoms with Crippen molar-refractivity contribution in [2.24, 2.45) is 5.92 Å². The molecule has 5 heteroatoms. The Labute approximate surface area is 185 Å². The molecule has 0 unspecified atom stereocenters. The molecule has 3 amide bonds. The molecule has 0 aromatic heterocycles. The van der Waals surface area contributed by atoms with Gasteiger partial charge in [0, 0.05) is 41.9 Å². The van der Waals surface area contributed by atoms with Gasteiger partial charge in [-0.05, 0) is 56.0 Å². The molecule has 1 saturated heterocycles. The van der Waals surface area contributed by atoms with Crippen LogP contribution in [0.1, 0.15) is 50.7 Å². The highest BCUT2D eigenvalue weighted by Crippen LogP contribution is 2.18. The van der Waals surface area contributed by atoms with Crippen molar-refractivity contribution < 1.29 is 9.59 Å². The maximum atomic E-state index is 12.5. The molecule has 0 radical (unpaired) electrons. The molecular formula is C26H31N3O2. The first-order valence-electron chi connectivity index (χ1n) is 11.1. The first-order chi connectivity index (χ1) is 15.1. The third-order valence-electron chi connectivity index (χ3n) is 5.72. The van der Waals surface area contributed by atoms with E-state index in [1.807, 2.05) is 59.5 Å². The zero-order chi connectivity index (χ0) is 22.1. The first kappa shape index (κ1) is 22.4. The number of piperidine rings is 1. The number of nitrogens with one attached hydrogen (secondary N) is 2. The SMILES string of the molecule is CCC(CC)C(=O)N1CCC(NC(=O)Nc2cccc(C#Cc3ccccc3)c2)CC1. The van der Waals surface area contributed by atoms with Crippen LogP contribution in [-0.4, -0.2) is 36.0 Å². The number of nitrogens with zero attached hydrogens (tertiary/aromatic N) is 1. The summed E-state index contributed by atoms with van der Waals surface area (Å²) in [5.41, 5.74) is 2.50. The van der Waals surface area contributed by atoms with Crippen LogP contribution in [0.15, 0.2) is 54.6 Å². The van der Waals surface area contributed by atoms with E-state index in [1.54, 1.807) is 0 Å². The summed E-state index contributed by atoms with van der Waals surface area (Å²) in [5, 5.41) is 5.94. The van der Waals surface area contributed by atoms with Crippen molar-refractivity contribution in [3.05, 3.63) is 65.7 Å².